The molecule has 2 heterocycles. The quantitative estimate of drug-likeness (QED) is 0.768. The van der Waals surface area contributed by atoms with Crippen molar-refractivity contribution >= 4 is 5.97 Å². The van der Waals surface area contributed by atoms with E-state index in [-0.39, 0.29) is 12.1 Å². The monoisotopic (exact) mass is 294 g/mol. The minimum atomic E-state index is -0.535. The summed E-state index contributed by atoms with van der Waals surface area (Å²) in [5, 5.41) is 3.22. The standard InChI is InChI=1S/C15H22N2O4/c1-3-20-15(18)14(17-10-12-5-4-8-21-12)11-6-7-13(19-2)16-9-11/h6-7,9,12,14,17H,3-5,8,10H2,1-2H3. The molecule has 1 aromatic heterocycles. The van der Waals surface area contributed by atoms with Gasteiger partial charge in [-0.05, 0) is 31.4 Å². The van der Waals surface area contributed by atoms with Gasteiger partial charge in [-0.15, -0.1) is 0 Å². The van der Waals surface area contributed by atoms with E-state index >= 15 is 0 Å². The zero-order valence-electron chi connectivity index (χ0n) is 12.5. The lowest BCUT2D eigenvalue weighted by molar-refractivity contribution is -0.146. The predicted octanol–water partition coefficient (Wildman–Crippen LogP) is 1.46. The van der Waals surface area contributed by atoms with E-state index in [1.807, 2.05) is 6.07 Å². The molecule has 0 spiro atoms. The van der Waals surface area contributed by atoms with Crippen LogP contribution in [0.1, 0.15) is 31.4 Å². The molecule has 1 fully saturated rings. The number of nitrogens with one attached hydrogen (secondary N) is 1. The average Bonchev–Trinajstić information content (AvgIpc) is 3.02. The van der Waals surface area contributed by atoms with Crippen LogP contribution in [-0.4, -0.2) is 43.9 Å². The highest BCUT2D eigenvalue weighted by molar-refractivity contribution is 5.77. The van der Waals surface area contributed by atoms with Crippen LogP contribution in [0.5, 0.6) is 5.88 Å². The topological polar surface area (TPSA) is 69.7 Å². The fourth-order valence-electron chi connectivity index (χ4n) is 2.30. The number of ether oxygens (including phenoxy) is 3. The molecule has 21 heavy (non-hydrogen) atoms. The fraction of sp³-hybridized carbons (Fsp3) is 0.600. The van der Waals surface area contributed by atoms with Crippen LogP contribution in [0.3, 0.4) is 0 Å². The number of nitrogens with zero attached hydrogens (tertiary/aromatic N) is 1. The Hall–Kier alpha value is -1.66. The number of esters is 1. The lowest BCUT2D eigenvalue weighted by Crippen LogP contribution is -2.35. The van der Waals surface area contributed by atoms with Crippen LogP contribution in [0.15, 0.2) is 18.3 Å². The summed E-state index contributed by atoms with van der Waals surface area (Å²) in [6, 6.07) is 3.01. The highest BCUT2D eigenvalue weighted by Gasteiger charge is 2.24. The van der Waals surface area contributed by atoms with Crippen LogP contribution in [0, 0.1) is 0 Å². The maximum absolute atomic E-state index is 12.1. The van der Waals surface area contributed by atoms with Gasteiger partial charge >= 0.3 is 5.97 Å². The van der Waals surface area contributed by atoms with E-state index in [4.69, 9.17) is 14.2 Å². The summed E-state index contributed by atoms with van der Waals surface area (Å²) in [5.41, 5.74) is 0.757. The van der Waals surface area contributed by atoms with Crippen LogP contribution < -0.4 is 10.1 Å². The van der Waals surface area contributed by atoms with E-state index in [9.17, 15) is 4.79 Å². The minimum Gasteiger partial charge on any atom is -0.481 e. The molecular formula is C15H22N2O4. The molecule has 1 N–H and O–H groups in total. The van der Waals surface area contributed by atoms with Crippen molar-refractivity contribution in [3.8, 4) is 5.88 Å². The molecule has 0 radical (unpaired) electrons. The largest absolute Gasteiger partial charge is 0.481 e. The molecule has 0 amide bonds. The summed E-state index contributed by atoms with van der Waals surface area (Å²) in [7, 11) is 1.56. The zero-order valence-corrected chi connectivity index (χ0v) is 12.5. The summed E-state index contributed by atoms with van der Waals surface area (Å²) in [5.74, 6) is 0.211. The van der Waals surface area contributed by atoms with E-state index in [1.165, 1.54) is 0 Å². The first-order chi connectivity index (χ1) is 10.2. The van der Waals surface area contributed by atoms with Gasteiger partial charge in [-0.3, -0.25) is 5.32 Å². The molecule has 1 aromatic rings. The van der Waals surface area contributed by atoms with Gasteiger partial charge < -0.3 is 14.2 Å². The summed E-state index contributed by atoms with van der Waals surface area (Å²) < 4.78 is 15.7. The Morgan fingerprint density at radius 2 is 2.43 bits per heavy atom. The molecule has 0 aliphatic carbocycles. The molecule has 116 valence electrons. The van der Waals surface area contributed by atoms with Crippen molar-refractivity contribution in [3.63, 3.8) is 0 Å². The summed E-state index contributed by atoms with van der Waals surface area (Å²) in [6.07, 6.45) is 3.88. The van der Waals surface area contributed by atoms with Crippen molar-refractivity contribution in [3.05, 3.63) is 23.9 Å². The van der Waals surface area contributed by atoms with Crippen LogP contribution in [-0.2, 0) is 14.3 Å². The molecule has 2 atom stereocenters. The van der Waals surface area contributed by atoms with E-state index in [0.29, 0.717) is 19.0 Å². The van der Waals surface area contributed by atoms with Crippen molar-refractivity contribution in [1.82, 2.24) is 10.3 Å². The summed E-state index contributed by atoms with van der Waals surface area (Å²) in [6.45, 7) is 3.55. The van der Waals surface area contributed by atoms with Gasteiger partial charge in [0.2, 0.25) is 5.88 Å². The Bertz CT molecular complexity index is 443. The fourth-order valence-corrected chi connectivity index (χ4v) is 2.30. The highest BCUT2D eigenvalue weighted by Crippen LogP contribution is 2.18. The molecule has 0 bridgehead atoms. The van der Waals surface area contributed by atoms with E-state index in [1.54, 1.807) is 26.3 Å². The number of carbonyl (C=O) groups excluding carboxylic acids is 1. The maximum atomic E-state index is 12.1. The molecule has 1 aliphatic heterocycles. The second-order valence-electron chi connectivity index (χ2n) is 4.86. The molecule has 2 unspecified atom stereocenters. The van der Waals surface area contributed by atoms with E-state index in [0.717, 1.165) is 25.0 Å². The lowest BCUT2D eigenvalue weighted by atomic mass is 10.1. The number of rotatable bonds is 7. The van der Waals surface area contributed by atoms with Crippen LogP contribution >= 0.6 is 0 Å². The molecule has 1 aliphatic rings. The Morgan fingerprint density at radius 3 is 3.00 bits per heavy atom. The first-order valence-electron chi connectivity index (χ1n) is 7.26. The van der Waals surface area contributed by atoms with Gasteiger partial charge in [0.15, 0.2) is 0 Å². The molecular weight excluding hydrogens is 272 g/mol. The average molecular weight is 294 g/mol. The number of carbonyl (C=O) groups is 1. The lowest BCUT2D eigenvalue weighted by Gasteiger charge is -2.19. The van der Waals surface area contributed by atoms with Gasteiger partial charge in [-0.2, -0.15) is 0 Å². The molecule has 6 heteroatoms. The first kappa shape index (κ1) is 15.7. The van der Waals surface area contributed by atoms with Crippen molar-refractivity contribution in [2.75, 3.05) is 26.9 Å². The third-order valence-electron chi connectivity index (χ3n) is 3.40. The number of hydrogen-bond donors (Lipinski definition) is 1. The Morgan fingerprint density at radius 1 is 1.57 bits per heavy atom. The Kier molecular flexibility index (Phi) is 5.95. The van der Waals surface area contributed by atoms with Gasteiger partial charge in [-0.25, -0.2) is 9.78 Å². The summed E-state index contributed by atoms with van der Waals surface area (Å²) in [4.78, 5) is 16.3. The van der Waals surface area contributed by atoms with Gasteiger partial charge in [-0.1, -0.05) is 0 Å². The Balaban J connectivity index is 2.04. The molecule has 1 saturated heterocycles. The number of methoxy groups -OCH3 is 1. The Labute approximate surface area is 124 Å². The van der Waals surface area contributed by atoms with E-state index in [2.05, 4.69) is 10.3 Å². The van der Waals surface area contributed by atoms with Crippen molar-refractivity contribution in [1.29, 1.82) is 0 Å². The molecule has 0 saturated carbocycles. The summed E-state index contributed by atoms with van der Waals surface area (Å²) >= 11 is 0. The number of hydrogen-bond acceptors (Lipinski definition) is 6. The third-order valence-corrected chi connectivity index (χ3v) is 3.40. The second-order valence-corrected chi connectivity index (χ2v) is 4.86. The SMILES string of the molecule is CCOC(=O)C(NCC1CCCO1)c1ccc(OC)nc1. The van der Waals surface area contributed by atoms with Gasteiger partial charge in [0, 0.05) is 25.4 Å². The second kappa shape index (κ2) is 7.95. The van der Waals surface area contributed by atoms with Gasteiger partial charge in [0.25, 0.3) is 0 Å². The first-order valence-corrected chi connectivity index (χ1v) is 7.26. The highest BCUT2D eigenvalue weighted by atomic mass is 16.5. The normalized spacial score (nSPS) is 19.2. The molecule has 0 aromatic carbocycles. The molecule has 2 rings (SSSR count). The minimum absolute atomic E-state index is 0.160. The smallest absolute Gasteiger partial charge is 0.327 e. The predicted molar refractivity (Wildman–Crippen MR) is 77.1 cm³/mol. The molecule has 6 nitrogen and oxygen atoms in total. The van der Waals surface area contributed by atoms with Crippen molar-refractivity contribution < 1.29 is 19.0 Å². The van der Waals surface area contributed by atoms with Gasteiger partial charge in [0.05, 0.1) is 19.8 Å². The number of pyridine rings is 1. The number of aromatic nitrogens is 1. The zero-order chi connectivity index (χ0) is 15.1. The van der Waals surface area contributed by atoms with Crippen molar-refractivity contribution in [2.24, 2.45) is 0 Å². The van der Waals surface area contributed by atoms with Crippen molar-refractivity contribution in [2.45, 2.75) is 31.9 Å². The third kappa shape index (κ3) is 4.41. The van der Waals surface area contributed by atoms with E-state index < -0.39 is 6.04 Å². The van der Waals surface area contributed by atoms with Gasteiger partial charge in [0.1, 0.15) is 6.04 Å². The maximum Gasteiger partial charge on any atom is 0.327 e. The van der Waals surface area contributed by atoms with Crippen LogP contribution in [0.2, 0.25) is 0 Å². The van der Waals surface area contributed by atoms with Crippen LogP contribution in [0.25, 0.3) is 0 Å². The van der Waals surface area contributed by atoms with Crippen LogP contribution in [0.4, 0.5) is 0 Å².